The van der Waals surface area contributed by atoms with Gasteiger partial charge >= 0.3 is 0 Å². The second-order valence-corrected chi connectivity index (χ2v) is 5.47. The molecule has 2 unspecified atom stereocenters. The summed E-state index contributed by atoms with van der Waals surface area (Å²) < 4.78 is 0. The summed E-state index contributed by atoms with van der Waals surface area (Å²) in [6.45, 7) is 6.41. The van der Waals surface area contributed by atoms with Crippen LogP contribution in [0.3, 0.4) is 0 Å². The van der Waals surface area contributed by atoms with Gasteiger partial charge in [-0.25, -0.2) is 0 Å². The summed E-state index contributed by atoms with van der Waals surface area (Å²) in [6.07, 6.45) is 0. The van der Waals surface area contributed by atoms with Crippen molar-refractivity contribution >= 4 is 11.5 Å². The van der Waals surface area contributed by atoms with E-state index in [1.807, 2.05) is 18.2 Å². The van der Waals surface area contributed by atoms with Crippen LogP contribution in [0.25, 0.3) is 0 Å². The van der Waals surface area contributed by atoms with Gasteiger partial charge in [-0.1, -0.05) is 12.1 Å². The Labute approximate surface area is 115 Å². The monoisotopic (exact) mass is 261 g/mol. The van der Waals surface area contributed by atoms with Gasteiger partial charge in [0.1, 0.15) is 0 Å². The first-order valence-corrected chi connectivity index (χ1v) is 6.81. The van der Waals surface area contributed by atoms with Crippen molar-refractivity contribution in [1.82, 2.24) is 4.90 Å². The van der Waals surface area contributed by atoms with Crippen LogP contribution < -0.4 is 10.6 Å². The summed E-state index contributed by atoms with van der Waals surface area (Å²) in [4.78, 5) is 16.2. The Hall–Kier alpha value is -1.39. The molecule has 0 saturated carbocycles. The van der Waals surface area contributed by atoms with Gasteiger partial charge in [0.15, 0.2) is 5.78 Å². The van der Waals surface area contributed by atoms with Crippen LogP contribution in [-0.4, -0.2) is 49.4 Å². The maximum absolute atomic E-state index is 11.5. The molecule has 0 spiro atoms. The lowest BCUT2D eigenvalue weighted by Gasteiger charge is -2.45. The fourth-order valence-electron chi connectivity index (χ4n) is 2.96. The molecule has 2 rings (SSSR count). The Morgan fingerprint density at radius 1 is 1.42 bits per heavy atom. The number of carbonyl (C=O) groups is 1. The van der Waals surface area contributed by atoms with Gasteiger partial charge in [-0.3, -0.25) is 4.79 Å². The summed E-state index contributed by atoms with van der Waals surface area (Å²) in [6, 6.07) is 8.56. The second kappa shape index (κ2) is 5.72. The van der Waals surface area contributed by atoms with E-state index in [1.165, 1.54) is 0 Å². The van der Waals surface area contributed by atoms with Crippen molar-refractivity contribution in [1.29, 1.82) is 0 Å². The fraction of sp³-hybridized carbons (Fsp3) is 0.533. The highest BCUT2D eigenvalue weighted by Crippen LogP contribution is 2.25. The summed E-state index contributed by atoms with van der Waals surface area (Å²) >= 11 is 0. The molecule has 4 nitrogen and oxygen atoms in total. The Morgan fingerprint density at radius 3 is 2.79 bits per heavy atom. The van der Waals surface area contributed by atoms with E-state index in [-0.39, 0.29) is 5.78 Å². The number of nitrogens with two attached hydrogens (primary N) is 1. The molecule has 4 heteroatoms. The molecule has 0 bridgehead atoms. The lowest BCUT2D eigenvalue weighted by molar-refractivity contribution is 0.101. The van der Waals surface area contributed by atoms with Crippen molar-refractivity contribution in [2.45, 2.75) is 25.9 Å². The number of hydrogen-bond donors (Lipinski definition) is 1. The van der Waals surface area contributed by atoms with Crippen LogP contribution in [0.5, 0.6) is 0 Å². The van der Waals surface area contributed by atoms with Gasteiger partial charge in [-0.05, 0) is 33.0 Å². The van der Waals surface area contributed by atoms with Crippen LogP contribution in [0.2, 0.25) is 0 Å². The van der Waals surface area contributed by atoms with Crippen LogP contribution in [0.1, 0.15) is 24.2 Å². The highest BCUT2D eigenvalue weighted by molar-refractivity contribution is 5.95. The lowest BCUT2D eigenvalue weighted by atomic mass is 10.0. The lowest BCUT2D eigenvalue weighted by Crippen LogP contribution is -2.59. The van der Waals surface area contributed by atoms with Gasteiger partial charge in [0.2, 0.25) is 0 Å². The van der Waals surface area contributed by atoms with E-state index in [1.54, 1.807) is 6.92 Å². The molecule has 1 saturated heterocycles. The number of hydrogen-bond acceptors (Lipinski definition) is 4. The number of anilines is 1. The molecule has 104 valence electrons. The minimum atomic E-state index is 0.105. The van der Waals surface area contributed by atoms with Crippen molar-refractivity contribution in [3.8, 4) is 0 Å². The highest BCUT2D eigenvalue weighted by atomic mass is 16.1. The van der Waals surface area contributed by atoms with Crippen LogP contribution in [0.4, 0.5) is 5.69 Å². The van der Waals surface area contributed by atoms with Crippen molar-refractivity contribution in [2.24, 2.45) is 5.73 Å². The molecular formula is C15H23N3O. The number of benzene rings is 1. The third-order valence-corrected chi connectivity index (χ3v) is 3.79. The van der Waals surface area contributed by atoms with Gasteiger partial charge in [-0.15, -0.1) is 0 Å². The van der Waals surface area contributed by atoms with Gasteiger partial charge in [0.25, 0.3) is 0 Å². The van der Waals surface area contributed by atoms with E-state index >= 15 is 0 Å². The zero-order chi connectivity index (χ0) is 14.0. The molecule has 0 amide bonds. The zero-order valence-electron chi connectivity index (χ0n) is 12.0. The Morgan fingerprint density at radius 2 is 2.16 bits per heavy atom. The quantitative estimate of drug-likeness (QED) is 0.835. The fourth-order valence-corrected chi connectivity index (χ4v) is 2.96. The average molecular weight is 261 g/mol. The van der Waals surface area contributed by atoms with Crippen molar-refractivity contribution < 1.29 is 4.79 Å². The molecule has 1 aliphatic rings. The topological polar surface area (TPSA) is 49.6 Å². The molecule has 1 heterocycles. The first kappa shape index (κ1) is 14.0. The number of likely N-dealkylation sites (N-methyl/N-ethyl adjacent to an activating group) is 1. The first-order valence-electron chi connectivity index (χ1n) is 6.81. The summed E-state index contributed by atoms with van der Waals surface area (Å²) in [7, 11) is 2.13. The SMILES string of the molecule is CC(=O)c1cccc(N2C(C)CN(C)CC2CN)c1. The molecular weight excluding hydrogens is 238 g/mol. The largest absolute Gasteiger partial charge is 0.362 e. The summed E-state index contributed by atoms with van der Waals surface area (Å²) in [5.41, 5.74) is 7.78. The van der Waals surface area contributed by atoms with Crippen LogP contribution in [0, 0.1) is 0 Å². The third kappa shape index (κ3) is 2.96. The van der Waals surface area contributed by atoms with Crippen molar-refractivity contribution in [2.75, 3.05) is 31.6 Å². The Balaban J connectivity index is 2.32. The predicted molar refractivity (Wildman–Crippen MR) is 78.7 cm³/mol. The second-order valence-electron chi connectivity index (χ2n) is 5.47. The minimum absolute atomic E-state index is 0.105. The number of piperazine rings is 1. The Bertz CT molecular complexity index is 460. The van der Waals surface area contributed by atoms with E-state index in [0.717, 1.165) is 24.3 Å². The molecule has 0 radical (unpaired) electrons. The molecule has 0 aromatic heterocycles. The molecule has 2 N–H and O–H groups in total. The maximum atomic E-state index is 11.5. The average Bonchev–Trinajstić information content (AvgIpc) is 2.37. The molecule has 2 atom stereocenters. The van der Waals surface area contributed by atoms with Crippen LogP contribution >= 0.6 is 0 Å². The van der Waals surface area contributed by atoms with E-state index in [0.29, 0.717) is 18.6 Å². The number of rotatable bonds is 3. The minimum Gasteiger partial charge on any atom is -0.362 e. The van der Waals surface area contributed by atoms with Gasteiger partial charge < -0.3 is 15.5 Å². The number of carbonyl (C=O) groups excluding carboxylic acids is 1. The molecule has 0 aliphatic carbocycles. The molecule has 1 aromatic rings. The standard InChI is InChI=1S/C15H23N3O/c1-11-9-17(3)10-15(8-16)18(11)14-6-4-5-13(7-14)12(2)19/h4-7,11,15H,8-10,16H2,1-3H3. The van der Waals surface area contributed by atoms with Gasteiger partial charge in [-0.2, -0.15) is 0 Å². The molecule has 19 heavy (non-hydrogen) atoms. The van der Waals surface area contributed by atoms with E-state index in [9.17, 15) is 4.79 Å². The highest BCUT2D eigenvalue weighted by Gasteiger charge is 2.29. The van der Waals surface area contributed by atoms with Gasteiger partial charge in [0, 0.05) is 36.9 Å². The maximum Gasteiger partial charge on any atom is 0.159 e. The number of ketones is 1. The van der Waals surface area contributed by atoms with E-state index in [4.69, 9.17) is 5.73 Å². The van der Waals surface area contributed by atoms with Crippen molar-refractivity contribution in [3.63, 3.8) is 0 Å². The van der Waals surface area contributed by atoms with E-state index in [2.05, 4.69) is 29.8 Å². The first-order chi connectivity index (χ1) is 9.02. The summed E-state index contributed by atoms with van der Waals surface area (Å²) in [5, 5.41) is 0. The normalized spacial score (nSPS) is 24.5. The summed E-state index contributed by atoms with van der Waals surface area (Å²) in [5.74, 6) is 0.105. The smallest absolute Gasteiger partial charge is 0.159 e. The number of nitrogens with zero attached hydrogens (tertiary/aromatic N) is 2. The van der Waals surface area contributed by atoms with Gasteiger partial charge in [0.05, 0.1) is 6.04 Å². The number of Topliss-reactive ketones (excluding diaryl/α,β-unsaturated/α-hetero) is 1. The van der Waals surface area contributed by atoms with E-state index < -0.39 is 0 Å². The van der Waals surface area contributed by atoms with Crippen LogP contribution in [0.15, 0.2) is 24.3 Å². The third-order valence-electron chi connectivity index (χ3n) is 3.79. The molecule has 1 aromatic carbocycles. The predicted octanol–water partition coefficient (Wildman–Crippen LogP) is 1.36. The Kier molecular flexibility index (Phi) is 4.22. The molecule has 1 aliphatic heterocycles. The van der Waals surface area contributed by atoms with Crippen molar-refractivity contribution in [3.05, 3.63) is 29.8 Å². The zero-order valence-corrected chi connectivity index (χ0v) is 12.0. The molecule has 1 fully saturated rings. The van der Waals surface area contributed by atoms with Crippen LogP contribution in [-0.2, 0) is 0 Å².